The van der Waals surface area contributed by atoms with Crippen LogP contribution in [0.4, 0.5) is 49.7 Å². The van der Waals surface area contributed by atoms with Gasteiger partial charge in [0, 0.05) is 18.3 Å². The fraction of sp³-hybridized carbons (Fsp3) is 0.417. The van der Waals surface area contributed by atoms with Gasteiger partial charge >= 0.3 is 24.4 Å². The Hall–Kier alpha value is -4.56. The molecule has 3 aromatic rings. The van der Waals surface area contributed by atoms with Crippen LogP contribution in [0.25, 0.3) is 16.8 Å². The first kappa shape index (κ1) is 33.3. The van der Waals surface area contributed by atoms with E-state index in [1.165, 1.54) is 0 Å². The van der Waals surface area contributed by atoms with Crippen LogP contribution in [0.3, 0.4) is 0 Å². The van der Waals surface area contributed by atoms with E-state index in [4.69, 9.17) is 5.73 Å². The first-order chi connectivity index (χ1) is 20.5. The Labute approximate surface area is 244 Å². The molecule has 0 saturated carbocycles. The van der Waals surface area contributed by atoms with Crippen LogP contribution in [0.5, 0.6) is 0 Å². The third-order valence-corrected chi connectivity index (χ3v) is 6.99. The molecule has 0 radical (unpaired) electrons. The smallest absolute Gasteiger partial charge is 0.382 e. The molecule has 1 aliphatic rings. The largest absolute Gasteiger partial charge is 0.471 e. The highest BCUT2D eigenvalue weighted by Gasteiger charge is 2.60. The van der Waals surface area contributed by atoms with Gasteiger partial charge in [0.15, 0.2) is 5.82 Å². The topological polar surface area (TPSA) is 147 Å². The van der Waals surface area contributed by atoms with Crippen LogP contribution in [0.1, 0.15) is 28.5 Å². The first-order valence-corrected chi connectivity index (χ1v) is 12.3. The second kappa shape index (κ2) is 10.8. The Morgan fingerprint density at radius 3 is 2.20 bits per heavy atom. The van der Waals surface area contributed by atoms with Crippen molar-refractivity contribution in [3.05, 3.63) is 41.5 Å². The molecule has 0 aromatic carbocycles. The van der Waals surface area contributed by atoms with Crippen molar-refractivity contribution in [2.45, 2.75) is 50.2 Å². The molecule has 1 saturated heterocycles. The molecular formula is C24H19F10N7O4. The summed E-state index contributed by atoms with van der Waals surface area (Å²) in [5, 5.41) is 13.4. The van der Waals surface area contributed by atoms with E-state index in [-0.39, 0.29) is 17.4 Å². The molecule has 4 heterocycles. The number of nitrogens with zero attached hydrogens (tertiary/aromatic N) is 6. The number of aliphatic hydroxyl groups is 1. The highest BCUT2D eigenvalue weighted by atomic mass is 19.4. The number of imide groups is 1. The van der Waals surface area contributed by atoms with E-state index in [1.54, 1.807) is 0 Å². The summed E-state index contributed by atoms with van der Waals surface area (Å²) in [6, 6.07) is -1.23. The fourth-order valence-corrected chi connectivity index (χ4v) is 4.62. The lowest BCUT2D eigenvalue weighted by molar-refractivity contribution is -0.249. The molecule has 0 spiro atoms. The third kappa shape index (κ3) is 5.82. The van der Waals surface area contributed by atoms with Gasteiger partial charge in [-0.25, -0.2) is 13.9 Å². The number of hydrogen-bond donors (Lipinski definition) is 2. The Bertz CT molecular complexity index is 1680. The van der Waals surface area contributed by atoms with Gasteiger partial charge in [-0.1, -0.05) is 0 Å². The van der Waals surface area contributed by atoms with Crippen LogP contribution in [0.2, 0.25) is 0 Å². The number of alkyl halides is 10. The minimum Gasteiger partial charge on any atom is -0.382 e. The van der Waals surface area contributed by atoms with Crippen LogP contribution in [-0.4, -0.2) is 95.5 Å². The predicted octanol–water partition coefficient (Wildman–Crippen LogP) is 3.09. The summed E-state index contributed by atoms with van der Waals surface area (Å²) in [5.41, 5.74) is -2.59. The molecule has 3 atom stereocenters. The number of carbonyl (C=O) groups excluding carboxylic acids is 3. The number of nitrogens with two attached hydrogens (primary N) is 1. The lowest BCUT2D eigenvalue weighted by Gasteiger charge is -2.31. The molecule has 1 aliphatic heterocycles. The number of amides is 3. The molecule has 0 unspecified atom stereocenters. The van der Waals surface area contributed by atoms with Gasteiger partial charge in [0.1, 0.15) is 18.0 Å². The van der Waals surface area contributed by atoms with Gasteiger partial charge in [-0.2, -0.15) is 44.6 Å². The molecule has 3 amide bonds. The Balaban J connectivity index is 1.81. The van der Waals surface area contributed by atoms with Gasteiger partial charge in [-0.3, -0.25) is 24.3 Å². The van der Waals surface area contributed by atoms with E-state index in [0.717, 1.165) is 25.5 Å². The quantitative estimate of drug-likeness (QED) is 0.407. The zero-order valence-corrected chi connectivity index (χ0v) is 22.6. The standard InChI is InChI=1S/C24H19F10N7O4/c1-9-11(3-10(5-36-9)14-4-12(22(26,27)28)16-17(35)37-8-38-41(14)16)18(42)40(20(44)23(29,30)31)15-7-39(6-13(15)25)19(43)21(2,45)24(32,33)34/h3-5,8,13,15,45H,6-7H2,1-2H3,(H2,35,37,38)/t13-,15+,21-/m0/s1. The van der Waals surface area contributed by atoms with Gasteiger partial charge in [0.2, 0.25) is 5.60 Å². The summed E-state index contributed by atoms with van der Waals surface area (Å²) in [6.07, 6.45) is -17.5. The van der Waals surface area contributed by atoms with Crippen LogP contribution in [-0.2, 0) is 15.8 Å². The highest BCUT2D eigenvalue weighted by molar-refractivity contribution is 6.07. The number of aryl methyl sites for hydroxylation is 1. The van der Waals surface area contributed by atoms with Gasteiger partial charge in [-0.15, -0.1) is 0 Å². The lowest BCUT2D eigenvalue weighted by Crippen LogP contribution is -2.57. The average Bonchev–Trinajstić information content (AvgIpc) is 3.49. The highest BCUT2D eigenvalue weighted by Crippen LogP contribution is 2.39. The summed E-state index contributed by atoms with van der Waals surface area (Å²) in [7, 11) is 0. The van der Waals surface area contributed by atoms with Crippen LogP contribution < -0.4 is 5.73 Å². The number of pyridine rings is 1. The number of nitrogen functional groups attached to an aromatic ring is 1. The maximum absolute atomic E-state index is 15.1. The van der Waals surface area contributed by atoms with E-state index in [9.17, 15) is 59.0 Å². The van der Waals surface area contributed by atoms with Gasteiger partial charge in [-0.05, 0) is 26.0 Å². The molecule has 3 N–H and O–H groups in total. The van der Waals surface area contributed by atoms with E-state index < -0.39 is 106 Å². The van der Waals surface area contributed by atoms with Gasteiger partial charge in [0.25, 0.3) is 11.8 Å². The number of anilines is 1. The normalized spacial score (nSPS) is 19.1. The van der Waals surface area contributed by atoms with Crippen LogP contribution in [0.15, 0.2) is 24.7 Å². The van der Waals surface area contributed by atoms with Gasteiger partial charge in [0.05, 0.1) is 35.1 Å². The molecule has 244 valence electrons. The molecular weight excluding hydrogens is 640 g/mol. The van der Waals surface area contributed by atoms with Crippen molar-refractivity contribution in [3.8, 4) is 11.3 Å². The molecule has 1 fully saturated rings. The summed E-state index contributed by atoms with van der Waals surface area (Å²) in [5.74, 6) is -7.62. The third-order valence-electron chi connectivity index (χ3n) is 6.99. The number of aromatic nitrogens is 4. The minimum atomic E-state index is -5.85. The number of rotatable bonds is 4. The fourth-order valence-electron chi connectivity index (χ4n) is 4.62. The molecule has 0 bridgehead atoms. The van der Waals surface area contributed by atoms with Gasteiger partial charge < -0.3 is 15.7 Å². The summed E-state index contributed by atoms with van der Waals surface area (Å²) in [4.78, 5) is 45.0. The molecule has 3 aromatic heterocycles. The molecule has 0 aliphatic carbocycles. The van der Waals surface area contributed by atoms with E-state index in [2.05, 4.69) is 15.1 Å². The Kier molecular flexibility index (Phi) is 8.00. The minimum absolute atomic E-state index is 0.00378. The van der Waals surface area contributed by atoms with E-state index in [0.29, 0.717) is 10.6 Å². The molecule has 4 rings (SSSR count). The van der Waals surface area contributed by atoms with Crippen LogP contribution in [0, 0.1) is 6.92 Å². The Morgan fingerprint density at radius 1 is 1.02 bits per heavy atom. The molecule has 11 nitrogen and oxygen atoms in total. The van der Waals surface area contributed by atoms with Crippen molar-refractivity contribution in [3.63, 3.8) is 0 Å². The maximum atomic E-state index is 15.1. The van der Waals surface area contributed by atoms with E-state index >= 15 is 4.39 Å². The number of halogens is 10. The van der Waals surface area contributed by atoms with E-state index in [1.807, 2.05) is 0 Å². The van der Waals surface area contributed by atoms with Crippen molar-refractivity contribution < 1.29 is 63.4 Å². The SMILES string of the molecule is Cc1ncc(-c2cc(C(F)(F)F)c3c(N)ncnn23)cc1C(=O)N(C(=O)C(F)(F)F)[C@@H]1CN(C(=O)[C@](C)(O)C(F)(F)F)C[C@@H]1F. The summed E-state index contributed by atoms with van der Waals surface area (Å²) < 4.78 is 138. The number of carbonyl (C=O) groups is 3. The number of likely N-dealkylation sites (tertiary alicyclic amines) is 1. The monoisotopic (exact) mass is 659 g/mol. The van der Waals surface area contributed by atoms with Crippen LogP contribution >= 0.6 is 0 Å². The summed E-state index contributed by atoms with van der Waals surface area (Å²) in [6.45, 7) is -1.63. The number of hydrogen-bond acceptors (Lipinski definition) is 8. The van der Waals surface area contributed by atoms with Crippen molar-refractivity contribution >= 4 is 29.1 Å². The molecule has 45 heavy (non-hydrogen) atoms. The van der Waals surface area contributed by atoms with Crippen molar-refractivity contribution in [1.29, 1.82) is 0 Å². The second-order valence-corrected chi connectivity index (χ2v) is 10.0. The zero-order valence-electron chi connectivity index (χ0n) is 22.6. The van der Waals surface area contributed by atoms with Crippen molar-refractivity contribution in [2.75, 3.05) is 18.8 Å². The zero-order chi connectivity index (χ0) is 34.0. The van der Waals surface area contributed by atoms with Crippen molar-refractivity contribution in [1.82, 2.24) is 29.4 Å². The number of fused-ring (bicyclic) bond motifs is 1. The predicted molar refractivity (Wildman–Crippen MR) is 130 cm³/mol. The molecule has 21 heteroatoms. The van der Waals surface area contributed by atoms with Crippen molar-refractivity contribution in [2.24, 2.45) is 0 Å². The average molecular weight is 659 g/mol. The Morgan fingerprint density at radius 2 is 1.64 bits per heavy atom. The first-order valence-electron chi connectivity index (χ1n) is 12.3. The maximum Gasteiger partial charge on any atom is 0.471 e. The lowest BCUT2D eigenvalue weighted by atomic mass is 10.0. The summed E-state index contributed by atoms with van der Waals surface area (Å²) >= 11 is 0. The second-order valence-electron chi connectivity index (χ2n) is 10.0.